The maximum absolute atomic E-state index is 5.90. The van der Waals surface area contributed by atoms with Crippen LogP contribution in [0, 0.1) is 5.92 Å². The molecule has 4 rings (SSSR count). The molecule has 1 fully saturated rings. The Morgan fingerprint density at radius 2 is 2.15 bits per heavy atom. The van der Waals surface area contributed by atoms with Crippen LogP contribution in [-0.2, 0) is 6.54 Å². The molecule has 2 atom stereocenters. The lowest BCUT2D eigenvalue weighted by Gasteiger charge is -1.99. The van der Waals surface area contributed by atoms with Crippen molar-refractivity contribution in [3.63, 3.8) is 0 Å². The number of fused-ring (bicyclic) bond motifs is 1. The Bertz CT molecular complexity index is 713. The molecular weight excluding hydrogens is 268 g/mol. The standard InChI is InChI=1S/C16H16N2OS/c1-10-8-13(10)17-9-11-6-7-14(19-11)16-18-12-4-2-3-5-15(12)20-16/h2-7,10,13,17H,8-9H2,1H3. The number of benzene rings is 1. The molecule has 0 aliphatic heterocycles. The first-order valence-corrected chi connectivity index (χ1v) is 7.79. The topological polar surface area (TPSA) is 38.1 Å². The van der Waals surface area contributed by atoms with E-state index in [0.29, 0.717) is 6.04 Å². The lowest BCUT2D eigenvalue weighted by molar-refractivity contribution is 0.488. The Morgan fingerprint density at radius 1 is 1.30 bits per heavy atom. The average molecular weight is 284 g/mol. The van der Waals surface area contributed by atoms with Gasteiger partial charge in [-0.2, -0.15) is 0 Å². The van der Waals surface area contributed by atoms with Crippen molar-refractivity contribution in [3.8, 4) is 10.8 Å². The smallest absolute Gasteiger partial charge is 0.163 e. The van der Waals surface area contributed by atoms with Gasteiger partial charge in [0.15, 0.2) is 10.8 Å². The Kier molecular flexibility index (Phi) is 2.86. The highest BCUT2D eigenvalue weighted by molar-refractivity contribution is 7.21. The number of nitrogens with one attached hydrogen (secondary N) is 1. The molecule has 3 aromatic rings. The first kappa shape index (κ1) is 12.1. The van der Waals surface area contributed by atoms with Gasteiger partial charge in [-0.3, -0.25) is 0 Å². The third kappa shape index (κ3) is 2.25. The molecule has 20 heavy (non-hydrogen) atoms. The molecule has 1 N–H and O–H groups in total. The third-order valence-electron chi connectivity index (χ3n) is 3.81. The van der Waals surface area contributed by atoms with E-state index in [1.807, 2.05) is 30.3 Å². The van der Waals surface area contributed by atoms with Crippen molar-refractivity contribution < 1.29 is 4.42 Å². The summed E-state index contributed by atoms with van der Waals surface area (Å²) in [7, 11) is 0. The van der Waals surface area contributed by atoms with Crippen LogP contribution >= 0.6 is 11.3 Å². The number of rotatable bonds is 4. The van der Waals surface area contributed by atoms with Crippen molar-refractivity contribution in [2.75, 3.05) is 0 Å². The number of furan rings is 1. The van der Waals surface area contributed by atoms with Crippen molar-refractivity contribution in [1.82, 2.24) is 10.3 Å². The summed E-state index contributed by atoms with van der Waals surface area (Å²) in [6, 6.07) is 12.9. The highest BCUT2D eigenvalue weighted by atomic mass is 32.1. The predicted octanol–water partition coefficient (Wildman–Crippen LogP) is 4.05. The van der Waals surface area contributed by atoms with E-state index in [1.165, 1.54) is 11.1 Å². The van der Waals surface area contributed by atoms with E-state index in [4.69, 9.17) is 4.42 Å². The van der Waals surface area contributed by atoms with Crippen LogP contribution < -0.4 is 5.32 Å². The summed E-state index contributed by atoms with van der Waals surface area (Å²) in [6.45, 7) is 3.08. The molecule has 102 valence electrons. The van der Waals surface area contributed by atoms with Gasteiger partial charge in [0.05, 0.1) is 16.8 Å². The van der Waals surface area contributed by atoms with Gasteiger partial charge in [-0.15, -0.1) is 11.3 Å². The van der Waals surface area contributed by atoms with E-state index in [-0.39, 0.29) is 0 Å². The summed E-state index contributed by atoms with van der Waals surface area (Å²) >= 11 is 1.68. The molecule has 0 spiro atoms. The maximum Gasteiger partial charge on any atom is 0.163 e. The lowest BCUT2D eigenvalue weighted by atomic mass is 10.3. The minimum absolute atomic E-state index is 0.672. The van der Waals surface area contributed by atoms with E-state index in [0.717, 1.165) is 34.5 Å². The van der Waals surface area contributed by atoms with Crippen molar-refractivity contribution in [2.24, 2.45) is 5.92 Å². The zero-order valence-corrected chi connectivity index (χ0v) is 12.1. The fourth-order valence-electron chi connectivity index (χ4n) is 2.40. The second kappa shape index (κ2) is 4.72. The molecule has 0 saturated heterocycles. The summed E-state index contributed by atoms with van der Waals surface area (Å²) < 4.78 is 7.10. The van der Waals surface area contributed by atoms with Crippen LogP contribution in [0.4, 0.5) is 0 Å². The summed E-state index contributed by atoms with van der Waals surface area (Å²) in [5, 5.41) is 4.46. The van der Waals surface area contributed by atoms with Gasteiger partial charge < -0.3 is 9.73 Å². The Balaban J connectivity index is 1.54. The molecular formula is C16H16N2OS. The fraction of sp³-hybridized carbons (Fsp3) is 0.312. The van der Waals surface area contributed by atoms with Crippen LogP contribution in [0.5, 0.6) is 0 Å². The monoisotopic (exact) mass is 284 g/mol. The van der Waals surface area contributed by atoms with Gasteiger partial charge in [-0.1, -0.05) is 19.1 Å². The van der Waals surface area contributed by atoms with E-state index >= 15 is 0 Å². The van der Waals surface area contributed by atoms with Crippen molar-refractivity contribution in [3.05, 3.63) is 42.2 Å². The largest absolute Gasteiger partial charge is 0.457 e. The lowest BCUT2D eigenvalue weighted by Crippen LogP contribution is -2.16. The molecule has 1 saturated carbocycles. The summed E-state index contributed by atoms with van der Waals surface area (Å²) in [5.74, 6) is 2.67. The van der Waals surface area contributed by atoms with Gasteiger partial charge in [-0.05, 0) is 36.6 Å². The molecule has 1 aliphatic carbocycles. The SMILES string of the molecule is CC1CC1NCc1ccc(-c2nc3ccccc3s2)o1. The number of aromatic nitrogens is 1. The summed E-state index contributed by atoms with van der Waals surface area (Å²) in [4.78, 5) is 4.62. The van der Waals surface area contributed by atoms with Gasteiger partial charge in [-0.25, -0.2) is 4.98 Å². The number of para-hydroxylation sites is 1. The molecule has 1 aromatic carbocycles. The molecule has 4 heteroatoms. The van der Waals surface area contributed by atoms with Gasteiger partial charge >= 0.3 is 0 Å². The predicted molar refractivity (Wildman–Crippen MR) is 81.7 cm³/mol. The molecule has 1 aliphatic rings. The molecule has 0 amide bonds. The van der Waals surface area contributed by atoms with E-state index in [2.05, 4.69) is 23.3 Å². The maximum atomic E-state index is 5.90. The van der Waals surface area contributed by atoms with Crippen molar-refractivity contribution in [1.29, 1.82) is 0 Å². The summed E-state index contributed by atoms with van der Waals surface area (Å²) in [6.07, 6.45) is 1.28. The molecule has 2 aromatic heterocycles. The second-order valence-electron chi connectivity index (χ2n) is 5.45. The normalized spacial score (nSPS) is 21.4. The first-order chi connectivity index (χ1) is 9.79. The van der Waals surface area contributed by atoms with Crippen LogP contribution in [0.25, 0.3) is 21.0 Å². The molecule has 3 nitrogen and oxygen atoms in total. The number of thiazole rings is 1. The van der Waals surface area contributed by atoms with E-state index < -0.39 is 0 Å². The molecule has 2 unspecified atom stereocenters. The molecule has 2 heterocycles. The van der Waals surface area contributed by atoms with Gasteiger partial charge in [0.25, 0.3) is 0 Å². The Morgan fingerprint density at radius 3 is 2.95 bits per heavy atom. The number of hydrogen-bond donors (Lipinski definition) is 1. The van der Waals surface area contributed by atoms with Crippen LogP contribution in [-0.4, -0.2) is 11.0 Å². The van der Waals surface area contributed by atoms with Gasteiger partial charge in [0.2, 0.25) is 0 Å². The van der Waals surface area contributed by atoms with Crippen LogP contribution in [0.1, 0.15) is 19.1 Å². The summed E-state index contributed by atoms with van der Waals surface area (Å²) in [5.41, 5.74) is 1.04. The zero-order valence-electron chi connectivity index (χ0n) is 11.3. The number of hydrogen-bond acceptors (Lipinski definition) is 4. The highest BCUT2D eigenvalue weighted by Crippen LogP contribution is 2.32. The Labute approximate surface area is 121 Å². The van der Waals surface area contributed by atoms with E-state index in [1.54, 1.807) is 11.3 Å². The minimum atomic E-state index is 0.672. The van der Waals surface area contributed by atoms with Crippen LogP contribution in [0.15, 0.2) is 40.8 Å². The Hall–Kier alpha value is -1.65. The first-order valence-electron chi connectivity index (χ1n) is 6.97. The third-order valence-corrected chi connectivity index (χ3v) is 4.87. The van der Waals surface area contributed by atoms with Crippen LogP contribution in [0.3, 0.4) is 0 Å². The molecule has 0 radical (unpaired) electrons. The van der Waals surface area contributed by atoms with E-state index in [9.17, 15) is 0 Å². The second-order valence-corrected chi connectivity index (χ2v) is 6.48. The average Bonchev–Trinajstić information content (AvgIpc) is 2.90. The minimum Gasteiger partial charge on any atom is -0.457 e. The molecule has 0 bridgehead atoms. The van der Waals surface area contributed by atoms with Gasteiger partial charge in [0.1, 0.15) is 5.76 Å². The zero-order chi connectivity index (χ0) is 13.5. The number of nitrogens with zero attached hydrogens (tertiary/aromatic N) is 1. The van der Waals surface area contributed by atoms with Gasteiger partial charge in [0, 0.05) is 6.04 Å². The van der Waals surface area contributed by atoms with Crippen molar-refractivity contribution >= 4 is 21.6 Å². The van der Waals surface area contributed by atoms with Crippen molar-refractivity contribution in [2.45, 2.75) is 25.9 Å². The fourth-order valence-corrected chi connectivity index (χ4v) is 3.33. The van der Waals surface area contributed by atoms with Crippen LogP contribution in [0.2, 0.25) is 0 Å². The quantitative estimate of drug-likeness (QED) is 0.785. The highest BCUT2D eigenvalue weighted by Gasteiger charge is 2.31.